The van der Waals surface area contributed by atoms with E-state index in [1.165, 1.54) is 12.8 Å². The second kappa shape index (κ2) is 5.14. The van der Waals surface area contributed by atoms with Gasteiger partial charge in [0, 0.05) is 26.0 Å². The standard InChI is InChI=1S/C14H14Cl2N6/c1-21-6-10(15)9-4-17-14(19-13(9)21)18-11-7-22(20-12(11)16)5-8-2-3-8/h4,6-8H,2-3,5H2,1H3,(H,17,18,19). The Morgan fingerprint density at radius 3 is 2.91 bits per heavy atom. The predicted molar refractivity (Wildman–Crippen MR) is 86.8 cm³/mol. The quantitative estimate of drug-likeness (QED) is 0.790. The summed E-state index contributed by atoms with van der Waals surface area (Å²) in [5, 5.41) is 9.32. The monoisotopic (exact) mass is 336 g/mol. The summed E-state index contributed by atoms with van der Waals surface area (Å²) >= 11 is 12.3. The Hall–Kier alpha value is -1.79. The van der Waals surface area contributed by atoms with Crippen molar-refractivity contribution in [3.05, 3.63) is 28.8 Å². The molecular weight excluding hydrogens is 323 g/mol. The fraction of sp³-hybridized carbons (Fsp3) is 0.357. The van der Waals surface area contributed by atoms with Gasteiger partial charge in [0.2, 0.25) is 5.95 Å². The Bertz CT molecular complexity index is 849. The van der Waals surface area contributed by atoms with Crippen molar-refractivity contribution in [2.45, 2.75) is 19.4 Å². The molecule has 22 heavy (non-hydrogen) atoms. The molecule has 4 rings (SSSR count). The van der Waals surface area contributed by atoms with Crippen LogP contribution in [0, 0.1) is 5.92 Å². The molecule has 0 radical (unpaired) electrons. The highest BCUT2D eigenvalue weighted by Crippen LogP contribution is 2.32. The lowest BCUT2D eigenvalue weighted by Crippen LogP contribution is -2.00. The molecule has 1 aliphatic rings. The number of hydrogen-bond donors (Lipinski definition) is 1. The van der Waals surface area contributed by atoms with Crippen LogP contribution in [0.4, 0.5) is 11.6 Å². The third-order valence-electron chi connectivity index (χ3n) is 3.77. The number of nitrogens with one attached hydrogen (secondary N) is 1. The first-order valence-corrected chi connectivity index (χ1v) is 7.83. The van der Waals surface area contributed by atoms with Crippen molar-refractivity contribution >= 4 is 45.9 Å². The molecule has 1 aliphatic carbocycles. The van der Waals surface area contributed by atoms with Gasteiger partial charge in [-0.15, -0.1) is 0 Å². The highest BCUT2D eigenvalue weighted by atomic mass is 35.5. The molecule has 0 atom stereocenters. The van der Waals surface area contributed by atoms with Gasteiger partial charge in [-0.05, 0) is 18.8 Å². The fourth-order valence-corrected chi connectivity index (χ4v) is 2.90. The molecule has 3 heterocycles. The van der Waals surface area contributed by atoms with Crippen molar-refractivity contribution in [1.82, 2.24) is 24.3 Å². The molecule has 0 spiro atoms. The second-order valence-corrected chi connectivity index (χ2v) is 6.41. The maximum Gasteiger partial charge on any atom is 0.229 e. The zero-order chi connectivity index (χ0) is 15.3. The van der Waals surface area contributed by atoms with Crippen molar-refractivity contribution in [1.29, 1.82) is 0 Å². The van der Waals surface area contributed by atoms with Crippen LogP contribution in [-0.2, 0) is 13.6 Å². The molecule has 0 unspecified atom stereocenters. The molecule has 0 aromatic carbocycles. The highest BCUT2D eigenvalue weighted by molar-refractivity contribution is 6.35. The minimum Gasteiger partial charge on any atom is -0.334 e. The van der Waals surface area contributed by atoms with Gasteiger partial charge in [-0.2, -0.15) is 10.1 Å². The van der Waals surface area contributed by atoms with E-state index in [-0.39, 0.29) is 0 Å². The van der Waals surface area contributed by atoms with Gasteiger partial charge in [-0.1, -0.05) is 23.2 Å². The Labute approximate surface area is 137 Å². The molecule has 3 aromatic heterocycles. The summed E-state index contributed by atoms with van der Waals surface area (Å²) in [6.07, 6.45) is 7.95. The van der Waals surface area contributed by atoms with Crippen molar-refractivity contribution < 1.29 is 0 Å². The lowest BCUT2D eigenvalue weighted by atomic mass is 10.4. The summed E-state index contributed by atoms with van der Waals surface area (Å²) in [6, 6.07) is 0. The van der Waals surface area contributed by atoms with E-state index in [2.05, 4.69) is 20.4 Å². The second-order valence-electron chi connectivity index (χ2n) is 5.64. The fourth-order valence-electron chi connectivity index (χ4n) is 2.43. The minimum atomic E-state index is 0.425. The highest BCUT2D eigenvalue weighted by Gasteiger charge is 2.22. The van der Waals surface area contributed by atoms with E-state index in [0.717, 1.165) is 23.5 Å². The van der Waals surface area contributed by atoms with E-state index in [9.17, 15) is 0 Å². The van der Waals surface area contributed by atoms with Crippen LogP contribution in [0.5, 0.6) is 0 Å². The van der Waals surface area contributed by atoms with Crippen LogP contribution in [0.25, 0.3) is 11.0 Å². The Morgan fingerprint density at radius 1 is 1.32 bits per heavy atom. The van der Waals surface area contributed by atoms with Gasteiger partial charge in [-0.25, -0.2) is 4.98 Å². The molecule has 1 N–H and O–H groups in total. The molecule has 1 fully saturated rings. The van der Waals surface area contributed by atoms with Crippen molar-refractivity contribution in [2.24, 2.45) is 13.0 Å². The molecule has 0 aliphatic heterocycles. The normalized spacial score (nSPS) is 14.7. The molecule has 3 aromatic rings. The van der Waals surface area contributed by atoms with Gasteiger partial charge in [0.15, 0.2) is 5.15 Å². The van der Waals surface area contributed by atoms with Crippen molar-refractivity contribution in [3.8, 4) is 0 Å². The molecule has 114 valence electrons. The summed E-state index contributed by atoms with van der Waals surface area (Å²) in [6.45, 7) is 0.911. The van der Waals surface area contributed by atoms with Gasteiger partial charge in [0.1, 0.15) is 5.65 Å². The van der Waals surface area contributed by atoms with E-state index in [1.54, 1.807) is 6.20 Å². The van der Waals surface area contributed by atoms with Crippen LogP contribution in [0.15, 0.2) is 18.6 Å². The third-order valence-corrected chi connectivity index (χ3v) is 4.35. The number of hydrogen-bond acceptors (Lipinski definition) is 4. The summed E-state index contributed by atoms with van der Waals surface area (Å²) in [4.78, 5) is 8.76. The van der Waals surface area contributed by atoms with E-state index < -0.39 is 0 Å². The predicted octanol–water partition coefficient (Wildman–Crippen LogP) is 3.63. The average molecular weight is 337 g/mol. The van der Waals surface area contributed by atoms with Crippen LogP contribution < -0.4 is 5.32 Å². The average Bonchev–Trinajstić information content (AvgIpc) is 3.16. The number of halogens is 2. The molecule has 1 saturated carbocycles. The number of aryl methyl sites for hydroxylation is 1. The van der Waals surface area contributed by atoms with Crippen LogP contribution in [0.1, 0.15) is 12.8 Å². The molecule has 6 nitrogen and oxygen atoms in total. The van der Waals surface area contributed by atoms with Crippen LogP contribution in [-0.4, -0.2) is 24.3 Å². The zero-order valence-electron chi connectivity index (χ0n) is 11.9. The first-order chi connectivity index (χ1) is 10.6. The van der Waals surface area contributed by atoms with Crippen LogP contribution in [0.3, 0.4) is 0 Å². The largest absolute Gasteiger partial charge is 0.334 e. The molecular formula is C14H14Cl2N6. The number of rotatable bonds is 4. The summed E-state index contributed by atoms with van der Waals surface area (Å²) in [5.41, 5.74) is 1.48. The molecule has 0 bridgehead atoms. The lowest BCUT2D eigenvalue weighted by molar-refractivity contribution is 0.563. The Morgan fingerprint density at radius 2 is 2.14 bits per heavy atom. The van der Waals surface area contributed by atoms with E-state index in [0.29, 0.717) is 21.8 Å². The van der Waals surface area contributed by atoms with E-state index in [1.807, 2.05) is 28.7 Å². The van der Waals surface area contributed by atoms with Crippen LogP contribution >= 0.6 is 23.2 Å². The zero-order valence-corrected chi connectivity index (χ0v) is 13.4. The smallest absolute Gasteiger partial charge is 0.229 e. The van der Waals surface area contributed by atoms with E-state index in [4.69, 9.17) is 23.2 Å². The van der Waals surface area contributed by atoms with Gasteiger partial charge < -0.3 is 9.88 Å². The molecule has 0 amide bonds. The number of anilines is 2. The van der Waals surface area contributed by atoms with Gasteiger partial charge in [-0.3, -0.25) is 4.68 Å². The topological polar surface area (TPSA) is 60.6 Å². The number of fused-ring (bicyclic) bond motifs is 1. The van der Waals surface area contributed by atoms with Crippen molar-refractivity contribution in [3.63, 3.8) is 0 Å². The third kappa shape index (κ3) is 2.53. The first kappa shape index (κ1) is 13.8. The van der Waals surface area contributed by atoms with Gasteiger partial charge in [0.25, 0.3) is 0 Å². The van der Waals surface area contributed by atoms with Gasteiger partial charge >= 0.3 is 0 Å². The maximum absolute atomic E-state index is 6.18. The van der Waals surface area contributed by atoms with Crippen molar-refractivity contribution in [2.75, 3.05) is 5.32 Å². The van der Waals surface area contributed by atoms with Gasteiger partial charge in [0.05, 0.1) is 22.3 Å². The van der Waals surface area contributed by atoms with Crippen LogP contribution in [0.2, 0.25) is 10.2 Å². The lowest BCUT2D eigenvalue weighted by Gasteiger charge is -2.03. The molecule has 8 heteroatoms. The summed E-state index contributed by atoms with van der Waals surface area (Å²) in [5.74, 6) is 1.21. The number of aromatic nitrogens is 5. The van der Waals surface area contributed by atoms with E-state index >= 15 is 0 Å². The minimum absolute atomic E-state index is 0.425. The molecule has 0 saturated heterocycles. The maximum atomic E-state index is 6.18. The first-order valence-electron chi connectivity index (χ1n) is 7.07. The SMILES string of the molecule is Cn1cc(Cl)c2cnc(Nc3cn(CC4CC4)nc3Cl)nc21. The Kier molecular flexibility index (Phi) is 3.23. The Balaban J connectivity index is 1.62. The summed E-state index contributed by atoms with van der Waals surface area (Å²) < 4.78 is 3.74. The summed E-state index contributed by atoms with van der Waals surface area (Å²) in [7, 11) is 1.89. The number of nitrogens with zero attached hydrogens (tertiary/aromatic N) is 5.